The van der Waals surface area contributed by atoms with Crippen LogP contribution >= 0.6 is 0 Å². The number of rotatable bonds is 8. The summed E-state index contributed by atoms with van der Waals surface area (Å²) in [5, 5.41) is 3.50. The zero-order valence-corrected chi connectivity index (χ0v) is 11.0. The maximum absolute atomic E-state index is 5.51. The van der Waals surface area contributed by atoms with Crippen molar-refractivity contribution in [2.24, 2.45) is 17.8 Å². The zero-order valence-electron chi connectivity index (χ0n) is 11.0. The highest BCUT2D eigenvalue weighted by atomic mass is 16.7. The molecule has 2 bridgehead atoms. The predicted molar refractivity (Wildman–Crippen MR) is 68.8 cm³/mol. The number of fused-ring (bicyclic) bond motifs is 2. The van der Waals surface area contributed by atoms with Gasteiger partial charge in [-0.15, -0.1) is 0 Å². The minimum atomic E-state index is -0.0841. The Kier molecular flexibility index (Phi) is 5.01. The highest BCUT2D eigenvalue weighted by Crippen LogP contribution is 2.42. The van der Waals surface area contributed by atoms with Gasteiger partial charge < -0.3 is 14.8 Å². The van der Waals surface area contributed by atoms with E-state index in [0.717, 1.165) is 30.8 Å². The lowest BCUT2D eigenvalue weighted by Crippen LogP contribution is -2.35. The smallest absolute Gasteiger partial charge is 0.169 e. The quantitative estimate of drug-likeness (QED) is 0.520. The third-order valence-corrected chi connectivity index (χ3v) is 3.84. The van der Waals surface area contributed by atoms with E-state index in [1.165, 1.54) is 12.8 Å². The molecule has 2 rings (SSSR count). The first-order valence-corrected chi connectivity index (χ1v) is 6.95. The Morgan fingerprint density at radius 1 is 1.18 bits per heavy atom. The fraction of sp³-hybridized carbons (Fsp3) is 0.857. The number of ether oxygens (including phenoxy) is 2. The highest BCUT2D eigenvalue weighted by Gasteiger charge is 2.35. The maximum atomic E-state index is 5.51. The molecule has 1 saturated carbocycles. The van der Waals surface area contributed by atoms with Crippen LogP contribution in [-0.4, -0.2) is 32.6 Å². The summed E-state index contributed by atoms with van der Waals surface area (Å²) in [5.41, 5.74) is 0. The Morgan fingerprint density at radius 2 is 1.94 bits per heavy atom. The Bertz CT molecular complexity index is 249. The molecular weight excluding hydrogens is 214 g/mol. The molecule has 1 fully saturated rings. The maximum Gasteiger partial charge on any atom is 0.169 e. The minimum absolute atomic E-state index is 0.0841. The summed E-state index contributed by atoms with van der Waals surface area (Å²) in [6.07, 6.45) is 7.46. The molecule has 0 aromatic rings. The Labute approximate surface area is 105 Å². The van der Waals surface area contributed by atoms with Gasteiger partial charge in [0.05, 0.1) is 0 Å². The second-order valence-electron chi connectivity index (χ2n) is 5.04. The topological polar surface area (TPSA) is 30.5 Å². The van der Waals surface area contributed by atoms with Crippen molar-refractivity contribution >= 4 is 0 Å². The number of nitrogens with one attached hydrogen (secondary N) is 1. The molecule has 17 heavy (non-hydrogen) atoms. The van der Waals surface area contributed by atoms with Crippen LogP contribution in [0.4, 0.5) is 0 Å². The van der Waals surface area contributed by atoms with Crippen LogP contribution < -0.4 is 5.32 Å². The van der Waals surface area contributed by atoms with E-state index in [1.54, 1.807) is 0 Å². The van der Waals surface area contributed by atoms with Crippen LogP contribution in [0.15, 0.2) is 12.2 Å². The van der Waals surface area contributed by atoms with Crippen molar-refractivity contribution in [2.75, 3.05) is 26.3 Å². The molecule has 3 atom stereocenters. The van der Waals surface area contributed by atoms with Gasteiger partial charge in [-0.3, -0.25) is 0 Å². The lowest BCUT2D eigenvalue weighted by molar-refractivity contribution is -0.133. The number of allylic oxidation sites excluding steroid dienone is 2. The van der Waals surface area contributed by atoms with E-state index < -0.39 is 0 Å². The largest absolute Gasteiger partial charge is 0.352 e. The first-order valence-electron chi connectivity index (χ1n) is 6.95. The summed E-state index contributed by atoms with van der Waals surface area (Å²) < 4.78 is 11.0. The summed E-state index contributed by atoms with van der Waals surface area (Å²) in [7, 11) is 0. The number of hydrogen-bond donors (Lipinski definition) is 1. The van der Waals surface area contributed by atoms with E-state index in [-0.39, 0.29) is 6.29 Å². The molecule has 0 aromatic carbocycles. The third-order valence-electron chi connectivity index (χ3n) is 3.84. The van der Waals surface area contributed by atoms with E-state index >= 15 is 0 Å². The van der Waals surface area contributed by atoms with Crippen LogP contribution in [0.25, 0.3) is 0 Å². The van der Waals surface area contributed by atoms with Crippen molar-refractivity contribution in [3.8, 4) is 0 Å². The standard InChI is InChI=1S/C14H25NO2/c1-3-16-14(17-4-2)10-15-9-13-8-11-5-6-12(13)7-11/h5-6,11-15H,3-4,7-10H2,1-2H3. The molecule has 98 valence electrons. The molecule has 0 radical (unpaired) electrons. The fourth-order valence-corrected chi connectivity index (χ4v) is 3.05. The summed E-state index contributed by atoms with van der Waals surface area (Å²) in [4.78, 5) is 0. The highest BCUT2D eigenvalue weighted by molar-refractivity contribution is 5.10. The monoisotopic (exact) mass is 239 g/mol. The molecule has 3 heteroatoms. The molecule has 3 nitrogen and oxygen atoms in total. The lowest BCUT2D eigenvalue weighted by atomic mass is 9.94. The molecule has 0 spiro atoms. The van der Waals surface area contributed by atoms with Crippen molar-refractivity contribution in [2.45, 2.75) is 33.0 Å². The zero-order chi connectivity index (χ0) is 12.1. The van der Waals surface area contributed by atoms with E-state index in [4.69, 9.17) is 9.47 Å². The fourth-order valence-electron chi connectivity index (χ4n) is 3.05. The second-order valence-corrected chi connectivity index (χ2v) is 5.04. The molecule has 0 aliphatic heterocycles. The van der Waals surface area contributed by atoms with Gasteiger partial charge >= 0.3 is 0 Å². The minimum Gasteiger partial charge on any atom is -0.352 e. The predicted octanol–water partition coefficient (Wildman–Crippen LogP) is 2.19. The molecule has 2 aliphatic carbocycles. The van der Waals surface area contributed by atoms with Crippen LogP contribution in [0.1, 0.15) is 26.7 Å². The van der Waals surface area contributed by atoms with Crippen LogP contribution in [0.2, 0.25) is 0 Å². The van der Waals surface area contributed by atoms with Gasteiger partial charge in [-0.25, -0.2) is 0 Å². The van der Waals surface area contributed by atoms with Crippen molar-refractivity contribution < 1.29 is 9.47 Å². The first kappa shape index (κ1) is 13.1. The Morgan fingerprint density at radius 3 is 2.47 bits per heavy atom. The van der Waals surface area contributed by atoms with Gasteiger partial charge in [0.15, 0.2) is 6.29 Å². The molecular formula is C14H25NO2. The van der Waals surface area contributed by atoms with Gasteiger partial charge in [-0.2, -0.15) is 0 Å². The SMILES string of the molecule is CCOC(CNCC1CC2C=CC1C2)OCC. The molecule has 0 saturated heterocycles. The number of hydrogen-bond acceptors (Lipinski definition) is 3. The van der Waals surface area contributed by atoms with Gasteiger partial charge in [0, 0.05) is 19.8 Å². The van der Waals surface area contributed by atoms with E-state index in [0.29, 0.717) is 13.2 Å². The van der Waals surface area contributed by atoms with Crippen molar-refractivity contribution in [1.82, 2.24) is 5.32 Å². The molecule has 1 N–H and O–H groups in total. The van der Waals surface area contributed by atoms with Crippen LogP contribution in [0.5, 0.6) is 0 Å². The Balaban J connectivity index is 1.63. The van der Waals surface area contributed by atoms with Crippen LogP contribution in [-0.2, 0) is 9.47 Å². The Hall–Kier alpha value is -0.380. The lowest BCUT2D eigenvalue weighted by Gasteiger charge is -2.21. The van der Waals surface area contributed by atoms with E-state index in [1.807, 2.05) is 13.8 Å². The van der Waals surface area contributed by atoms with E-state index in [9.17, 15) is 0 Å². The van der Waals surface area contributed by atoms with Gasteiger partial charge in [-0.1, -0.05) is 12.2 Å². The van der Waals surface area contributed by atoms with Gasteiger partial charge in [0.2, 0.25) is 0 Å². The van der Waals surface area contributed by atoms with Crippen molar-refractivity contribution in [1.29, 1.82) is 0 Å². The summed E-state index contributed by atoms with van der Waals surface area (Å²) in [5.74, 6) is 2.51. The molecule has 0 amide bonds. The van der Waals surface area contributed by atoms with Crippen LogP contribution in [0, 0.1) is 17.8 Å². The molecule has 3 unspecified atom stereocenters. The second kappa shape index (κ2) is 6.53. The third kappa shape index (κ3) is 3.54. The molecule has 2 aliphatic rings. The van der Waals surface area contributed by atoms with Gasteiger partial charge in [-0.05, 0) is 51.0 Å². The molecule has 0 heterocycles. The van der Waals surface area contributed by atoms with Crippen LogP contribution in [0.3, 0.4) is 0 Å². The van der Waals surface area contributed by atoms with Crippen molar-refractivity contribution in [3.05, 3.63) is 12.2 Å². The van der Waals surface area contributed by atoms with Crippen molar-refractivity contribution in [3.63, 3.8) is 0 Å². The summed E-state index contributed by atoms with van der Waals surface area (Å²) in [6.45, 7) is 7.34. The first-order chi connectivity index (χ1) is 8.33. The van der Waals surface area contributed by atoms with Gasteiger partial charge in [0.25, 0.3) is 0 Å². The normalized spacial score (nSPS) is 30.6. The molecule has 0 aromatic heterocycles. The van der Waals surface area contributed by atoms with Gasteiger partial charge in [0.1, 0.15) is 0 Å². The summed E-state index contributed by atoms with van der Waals surface area (Å²) >= 11 is 0. The average molecular weight is 239 g/mol. The summed E-state index contributed by atoms with van der Waals surface area (Å²) in [6, 6.07) is 0. The van der Waals surface area contributed by atoms with E-state index in [2.05, 4.69) is 17.5 Å². The average Bonchev–Trinajstić information content (AvgIpc) is 2.91.